The molecule has 1 aliphatic carbocycles. The van der Waals surface area contributed by atoms with Crippen LogP contribution in [0.5, 0.6) is 0 Å². The summed E-state index contributed by atoms with van der Waals surface area (Å²) in [5, 5.41) is 14.5. The predicted octanol–water partition coefficient (Wildman–Crippen LogP) is 0.794. The van der Waals surface area contributed by atoms with Crippen molar-refractivity contribution < 1.29 is 4.79 Å². The zero-order chi connectivity index (χ0) is 13.0. The highest BCUT2D eigenvalue weighted by Gasteiger charge is 2.27. The van der Waals surface area contributed by atoms with Crippen LogP contribution in [0.15, 0.2) is 0 Å². The van der Waals surface area contributed by atoms with Crippen LogP contribution < -0.4 is 10.6 Å². The van der Waals surface area contributed by atoms with Crippen molar-refractivity contribution in [1.82, 2.24) is 20.4 Å². The summed E-state index contributed by atoms with van der Waals surface area (Å²) in [4.78, 5) is 14.2. The van der Waals surface area contributed by atoms with Gasteiger partial charge >= 0.3 is 0 Å². The Kier molecular flexibility index (Phi) is 4.48. The zero-order valence-electron chi connectivity index (χ0n) is 10.8. The van der Waals surface area contributed by atoms with Crippen LogP contribution in [0.3, 0.4) is 0 Å². The van der Waals surface area contributed by atoms with Crippen LogP contribution in [0.2, 0.25) is 0 Å². The summed E-state index contributed by atoms with van der Waals surface area (Å²) in [6.07, 6.45) is 2.59. The third kappa shape index (κ3) is 3.39. The van der Waals surface area contributed by atoms with Crippen molar-refractivity contribution in [2.45, 2.75) is 25.8 Å². The van der Waals surface area contributed by atoms with Gasteiger partial charge in [0.1, 0.15) is 0 Å². The van der Waals surface area contributed by atoms with Crippen LogP contribution in [-0.4, -0.2) is 53.7 Å². The molecule has 0 saturated heterocycles. The molecule has 7 heteroatoms. The fourth-order valence-electron chi connectivity index (χ4n) is 1.84. The number of carbonyl (C=O) groups is 1. The molecule has 1 heterocycles. The SMILES string of the molecule is CCN(CCNC(=O)c1nnc(NC)s1)C1CC1. The second-order valence-electron chi connectivity index (χ2n) is 4.28. The highest BCUT2D eigenvalue weighted by molar-refractivity contribution is 7.17. The van der Waals surface area contributed by atoms with Crippen molar-refractivity contribution in [2.75, 3.05) is 32.0 Å². The van der Waals surface area contributed by atoms with Crippen molar-refractivity contribution in [3.8, 4) is 0 Å². The Balaban J connectivity index is 1.73. The standard InChI is InChI=1S/C11H19N5OS/c1-3-16(8-4-5-8)7-6-13-9(17)10-14-15-11(12-2)18-10/h8H,3-7H2,1-2H3,(H,12,15)(H,13,17). The molecule has 100 valence electrons. The van der Waals surface area contributed by atoms with Crippen LogP contribution in [0.1, 0.15) is 29.6 Å². The van der Waals surface area contributed by atoms with E-state index < -0.39 is 0 Å². The molecule has 18 heavy (non-hydrogen) atoms. The third-order valence-corrected chi connectivity index (χ3v) is 3.93. The molecule has 1 aromatic heterocycles. The van der Waals surface area contributed by atoms with Gasteiger partial charge in [-0.15, -0.1) is 10.2 Å². The van der Waals surface area contributed by atoms with Crippen molar-refractivity contribution in [1.29, 1.82) is 0 Å². The first-order valence-corrected chi connectivity index (χ1v) is 7.09. The van der Waals surface area contributed by atoms with Gasteiger partial charge in [-0.3, -0.25) is 9.69 Å². The maximum atomic E-state index is 11.8. The monoisotopic (exact) mass is 269 g/mol. The van der Waals surface area contributed by atoms with Gasteiger partial charge < -0.3 is 10.6 Å². The normalized spacial score (nSPS) is 14.8. The number of rotatable bonds is 7. The second-order valence-corrected chi connectivity index (χ2v) is 5.26. The predicted molar refractivity (Wildman–Crippen MR) is 72.1 cm³/mol. The van der Waals surface area contributed by atoms with E-state index in [1.165, 1.54) is 24.2 Å². The largest absolute Gasteiger partial charge is 0.363 e. The highest BCUT2D eigenvalue weighted by Crippen LogP contribution is 2.25. The third-order valence-electron chi connectivity index (χ3n) is 2.99. The van der Waals surface area contributed by atoms with E-state index in [0.29, 0.717) is 16.7 Å². The summed E-state index contributed by atoms with van der Waals surface area (Å²) >= 11 is 1.27. The van der Waals surface area contributed by atoms with Gasteiger partial charge in [0, 0.05) is 26.2 Å². The molecule has 1 aliphatic rings. The van der Waals surface area contributed by atoms with Crippen LogP contribution in [0.4, 0.5) is 5.13 Å². The average molecular weight is 269 g/mol. The summed E-state index contributed by atoms with van der Waals surface area (Å²) in [5.74, 6) is -0.138. The summed E-state index contributed by atoms with van der Waals surface area (Å²) in [6, 6.07) is 0.740. The van der Waals surface area contributed by atoms with Crippen LogP contribution in [-0.2, 0) is 0 Å². The Labute approximate surface area is 111 Å². The minimum absolute atomic E-state index is 0.138. The quantitative estimate of drug-likeness (QED) is 0.766. The number of likely N-dealkylation sites (N-methyl/N-ethyl adjacent to an activating group) is 1. The number of nitrogens with one attached hydrogen (secondary N) is 2. The number of hydrogen-bond acceptors (Lipinski definition) is 6. The molecule has 0 unspecified atom stereocenters. The second kappa shape index (κ2) is 6.10. The van der Waals surface area contributed by atoms with Gasteiger partial charge in [-0.25, -0.2) is 0 Å². The smallest absolute Gasteiger partial charge is 0.282 e. The van der Waals surface area contributed by atoms with Crippen molar-refractivity contribution >= 4 is 22.4 Å². The van der Waals surface area contributed by atoms with Gasteiger partial charge in [0.05, 0.1) is 0 Å². The number of amides is 1. The van der Waals surface area contributed by atoms with Crippen molar-refractivity contribution in [3.05, 3.63) is 5.01 Å². The molecule has 0 spiro atoms. The van der Waals surface area contributed by atoms with Crippen molar-refractivity contribution in [2.24, 2.45) is 0 Å². The number of hydrogen-bond donors (Lipinski definition) is 2. The lowest BCUT2D eigenvalue weighted by Gasteiger charge is -2.19. The lowest BCUT2D eigenvalue weighted by atomic mass is 10.4. The molecule has 2 rings (SSSR count). The number of aromatic nitrogens is 2. The first-order chi connectivity index (χ1) is 8.74. The van der Waals surface area contributed by atoms with Gasteiger partial charge in [0.15, 0.2) is 0 Å². The molecule has 0 aliphatic heterocycles. The van der Waals surface area contributed by atoms with E-state index in [1.54, 1.807) is 7.05 Å². The molecule has 2 N–H and O–H groups in total. The van der Waals surface area contributed by atoms with E-state index in [0.717, 1.165) is 19.1 Å². The molecule has 0 atom stereocenters. The first kappa shape index (κ1) is 13.2. The minimum Gasteiger partial charge on any atom is -0.363 e. The first-order valence-electron chi connectivity index (χ1n) is 6.28. The van der Waals surface area contributed by atoms with Gasteiger partial charge in [-0.1, -0.05) is 18.3 Å². The number of carbonyl (C=O) groups excluding carboxylic acids is 1. The lowest BCUT2D eigenvalue weighted by Crippen LogP contribution is -2.36. The minimum atomic E-state index is -0.138. The Hall–Kier alpha value is -1.21. The Bertz CT molecular complexity index is 404. The maximum absolute atomic E-state index is 11.8. The van der Waals surface area contributed by atoms with Crippen LogP contribution in [0.25, 0.3) is 0 Å². The lowest BCUT2D eigenvalue weighted by molar-refractivity contribution is 0.0947. The zero-order valence-corrected chi connectivity index (χ0v) is 11.6. The Morgan fingerprint density at radius 3 is 2.83 bits per heavy atom. The van der Waals surface area contributed by atoms with Crippen LogP contribution >= 0.6 is 11.3 Å². The maximum Gasteiger partial charge on any atom is 0.282 e. The van der Waals surface area contributed by atoms with E-state index in [4.69, 9.17) is 0 Å². The topological polar surface area (TPSA) is 70.2 Å². The molecule has 6 nitrogen and oxygen atoms in total. The molecule has 1 saturated carbocycles. The molecule has 1 fully saturated rings. The molecular weight excluding hydrogens is 250 g/mol. The summed E-state index contributed by atoms with van der Waals surface area (Å²) < 4.78 is 0. The molecule has 0 aromatic carbocycles. The van der Waals surface area contributed by atoms with Crippen LogP contribution in [0, 0.1) is 0 Å². The molecule has 1 aromatic rings. The van der Waals surface area contributed by atoms with Gasteiger partial charge in [0.2, 0.25) is 10.1 Å². The molecule has 0 bridgehead atoms. The molecule has 1 amide bonds. The fraction of sp³-hybridized carbons (Fsp3) is 0.727. The van der Waals surface area contributed by atoms with Gasteiger partial charge in [-0.2, -0.15) is 0 Å². The Morgan fingerprint density at radius 2 is 2.28 bits per heavy atom. The summed E-state index contributed by atoms with van der Waals surface area (Å²) in [5.41, 5.74) is 0. The van der Waals surface area contributed by atoms with Crippen molar-refractivity contribution in [3.63, 3.8) is 0 Å². The van der Waals surface area contributed by atoms with E-state index in [9.17, 15) is 4.79 Å². The summed E-state index contributed by atoms with van der Waals surface area (Å²) in [7, 11) is 1.76. The number of nitrogens with zero attached hydrogens (tertiary/aromatic N) is 3. The van der Waals surface area contributed by atoms with E-state index in [-0.39, 0.29) is 5.91 Å². The fourth-order valence-corrected chi connectivity index (χ4v) is 2.46. The summed E-state index contributed by atoms with van der Waals surface area (Å²) in [6.45, 7) is 4.77. The van der Waals surface area contributed by atoms with Gasteiger partial charge in [0.25, 0.3) is 5.91 Å². The van der Waals surface area contributed by atoms with E-state index in [1.807, 2.05) is 0 Å². The van der Waals surface area contributed by atoms with E-state index in [2.05, 4.69) is 32.7 Å². The molecule has 0 radical (unpaired) electrons. The average Bonchev–Trinajstić information content (AvgIpc) is 3.10. The Morgan fingerprint density at radius 1 is 1.50 bits per heavy atom. The van der Waals surface area contributed by atoms with E-state index >= 15 is 0 Å². The number of anilines is 1. The molecular formula is C11H19N5OS. The van der Waals surface area contributed by atoms with Gasteiger partial charge in [-0.05, 0) is 19.4 Å². The highest BCUT2D eigenvalue weighted by atomic mass is 32.1.